The highest BCUT2D eigenvalue weighted by Crippen LogP contribution is 2.47. The summed E-state index contributed by atoms with van der Waals surface area (Å²) in [6.07, 6.45) is 12.0. The molecule has 1 saturated carbocycles. The Morgan fingerprint density at radius 2 is 2.00 bits per heavy atom. The second-order valence-corrected chi connectivity index (χ2v) is 9.34. The molecule has 5 rings (SSSR count). The fourth-order valence-electron chi connectivity index (χ4n) is 5.20. The number of morpholine rings is 1. The number of allylic oxidation sites excluding steroid dienone is 1. The van der Waals surface area contributed by atoms with Crippen molar-refractivity contribution in [2.24, 2.45) is 0 Å². The van der Waals surface area contributed by atoms with Crippen molar-refractivity contribution in [3.05, 3.63) is 29.4 Å². The Morgan fingerprint density at radius 3 is 2.79 bits per heavy atom. The molecule has 0 amide bonds. The molecule has 1 saturated heterocycles. The maximum atomic E-state index is 6.50. The van der Waals surface area contributed by atoms with E-state index in [4.69, 9.17) is 9.47 Å². The second kappa shape index (κ2) is 8.09. The van der Waals surface area contributed by atoms with Gasteiger partial charge in [0, 0.05) is 24.0 Å². The van der Waals surface area contributed by atoms with Gasteiger partial charge in [-0.05, 0) is 56.4 Å². The lowest BCUT2D eigenvalue weighted by atomic mass is 9.91. The van der Waals surface area contributed by atoms with Crippen LogP contribution in [0.2, 0.25) is 0 Å². The fraction of sp³-hybridized carbons (Fsp3) is 0.636. The van der Waals surface area contributed by atoms with E-state index >= 15 is 0 Å². The minimum Gasteiger partial charge on any atom is -0.474 e. The predicted molar refractivity (Wildman–Crippen MR) is 112 cm³/mol. The van der Waals surface area contributed by atoms with Gasteiger partial charge in [-0.15, -0.1) is 17.9 Å². The zero-order valence-corrected chi connectivity index (χ0v) is 17.3. The van der Waals surface area contributed by atoms with Gasteiger partial charge in [-0.25, -0.2) is 9.97 Å². The van der Waals surface area contributed by atoms with Crippen LogP contribution in [-0.2, 0) is 11.2 Å². The summed E-state index contributed by atoms with van der Waals surface area (Å²) in [7, 11) is 0. The smallest absolute Gasteiger partial charge is 0.225 e. The van der Waals surface area contributed by atoms with Crippen molar-refractivity contribution in [3.8, 4) is 5.88 Å². The molecule has 0 bridgehead atoms. The lowest BCUT2D eigenvalue weighted by Crippen LogP contribution is -2.46. The van der Waals surface area contributed by atoms with E-state index in [1.54, 1.807) is 6.33 Å². The normalized spacial score (nSPS) is 28.4. The second-order valence-electron chi connectivity index (χ2n) is 8.25. The van der Waals surface area contributed by atoms with Gasteiger partial charge in [-0.3, -0.25) is 4.90 Å². The Balaban J connectivity index is 1.31. The number of ether oxygens (including phenoxy) is 2. The fourth-order valence-corrected chi connectivity index (χ4v) is 6.43. The van der Waals surface area contributed by atoms with E-state index in [1.165, 1.54) is 35.1 Å². The van der Waals surface area contributed by atoms with Gasteiger partial charge >= 0.3 is 0 Å². The van der Waals surface area contributed by atoms with Crippen LogP contribution in [0, 0.1) is 0 Å². The SMILES string of the molecule is C=CC[C@H]1CCc2sc3ncnc(O[C@H]4CC[C@H](N5CCOCC5)CC4)c3c21. The Labute approximate surface area is 170 Å². The van der Waals surface area contributed by atoms with Gasteiger partial charge in [0.25, 0.3) is 0 Å². The van der Waals surface area contributed by atoms with E-state index in [9.17, 15) is 0 Å². The van der Waals surface area contributed by atoms with Crippen molar-refractivity contribution in [2.45, 2.75) is 63.0 Å². The highest BCUT2D eigenvalue weighted by Gasteiger charge is 2.31. The van der Waals surface area contributed by atoms with Crippen LogP contribution >= 0.6 is 11.3 Å². The van der Waals surface area contributed by atoms with Crippen LogP contribution in [0.25, 0.3) is 10.2 Å². The Morgan fingerprint density at radius 1 is 1.18 bits per heavy atom. The molecule has 2 aromatic rings. The van der Waals surface area contributed by atoms with Gasteiger partial charge in [0.05, 0.1) is 18.6 Å². The number of fused-ring (bicyclic) bond motifs is 3. The van der Waals surface area contributed by atoms with Gasteiger partial charge in [-0.2, -0.15) is 0 Å². The summed E-state index contributed by atoms with van der Waals surface area (Å²) in [5.41, 5.74) is 1.44. The predicted octanol–water partition coefficient (Wildman–Crippen LogP) is 4.32. The Bertz CT molecular complexity index is 838. The standard InChI is InChI=1S/C22H29N3O2S/c1-2-3-15-4-9-18-19(15)20-21(23-14-24-22(20)28-18)27-17-7-5-16(6-8-17)25-10-12-26-13-11-25/h2,14-17H,1,3-13H2/t15-,16-,17-/m0/s1. The van der Waals surface area contributed by atoms with Crippen molar-refractivity contribution in [2.75, 3.05) is 26.3 Å². The number of nitrogens with zero attached hydrogens (tertiary/aromatic N) is 3. The van der Waals surface area contributed by atoms with Crippen LogP contribution in [0.15, 0.2) is 19.0 Å². The van der Waals surface area contributed by atoms with Gasteiger partial charge in [0.2, 0.25) is 5.88 Å². The number of hydrogen-bond acceptors (Lipinski definition) is 6. The summed E-state index contributed by atoms with van der Waals surface area (Å²) in [5, 5.41) is 1.18. The molecule has 150 valence electrons. The maximum Gasteiger partial charge on any atom is 0.225 e. The molecule has 3 heterocycles. The van der Waals surface area contributed by atoms with Crippen molar-refractivity contribution in [1.29, 1.82) is 0 Å². The summed E-state index contributed by atoms with van der Waals surface area (Å²) in [6.45, 7) is 7.87. The highest BCUT2D eigenvalue weighted by molar-refractivity contribution is 7.19. The third-order valence-electron chi connectivity index (χ3n) is 6.63. The van der Waals surface area contributed by atoms with E-state index in [1.807, 2.05) is 17.4 Å². The molecular weight excluding hydrogens is 370 g/mol. The highest BCUT2D eigenvalue weighted by atomic mass is 32.1. The first-order chi connectivity index (χ1) is 13.8. The molecule has 2 fully saturated rings. The maximum absolute atomic E-state index is 6.50. The largest absolute Gasteiger partial charge is 0.474 e. The van der Waals surface area contributed by atoms with Crippen LogP contribution in [0.1, 0.15) is 54.9 Å². The van der Waals surface area contributed by atoms with E-state index < -0.39 is 0 Å². The van der Waals surface area contributed by atoms with E-state index in [2.05, 4.69) is 21.4 Å². The average Bonchev–Trinajstić information content (AvgIpc) is 3.30. The number of hydrogen-bond donors (Lipinski definition) is 0. The summed E-state index contributed by atoms with van der Waals surface area (Å²) in [6, 6.07) is 0.691. The number of aromatic nitrogens is 2. The van der Waals surface area contributed by atoms with Crippen molar-refractivity contribution in [1.82, 2.24) is 14.9 Å². The van der Waals surface area contributed by atoms with Crippen molar-refractivity contribution < 1.29 is 9.47 Å². The lowest BCUT2D eigenvalue weighted by Gasteiger charge is -2.38. The summed E-state index contributed by atoms with van der Waals surface area (Å²) in [5.74, 6) is 1.36. The molecule has 5 nitrogen and oxygen atoms in total. The monoisotopic (exact) mass is 399 g/mol. The minimum absolute atomic E-state index is 0.269. The van der Waals surface area contributed by atoms with Crippen LogP contribution in [0.4, 0.5) is 0 Å². The molecular formula is C22H29N3O2S. The number of thiophene rings is 1. The van der Waals surface area contributed by atoms with E-state index in [0.717, 1.165) is 62.7 Å². The first-order valence-electron chi connectivity index (χ1n) is 10.7. The van der Waals surface area contributed by atoms with E-state index in [0.29, 0.717) is 12.0 Å². The van der Waals surface area contributed by atoms with Gasteiger partial charge < -0.3 is 9.47 Å². The van der Waals surface area contributed by atoms with Crippen LogP contribution < -0.4 is 4.74 Å². The molecule has 1 atom stereocenters. The molecule has 0 spiro atoms. The van der Waals surface area contributed by atoms with Gasteiger partial charge in [0.15, 0.2) is 0 Å². The molecule has 0 aromatic carbocycles. The van der Waals surface area contributed by atoms with Crippen molar-refractivity contribution >= 4 is 21.6 Å². The molecule has 0 unspecified atom stereocenters. The summed E-state index contributed by atoms with van der Waals surface area (Å²) < 4.78 is 12.0. The van der Waals surface area contributed by atoms with Crippen molar-refractivity contribution in [3.63, 3.8) is 0 Å². The Kier molecular flexibility index (Phi) is 5.35. The molecule has 2 aromatic heterocycles. The zero-order valence-electron chi connectivity index (χ0n) is 16.4. The zero-order chi connectivity index (χ0) is 18.9. The first kappa shape index (κ1) is 18.5. The topological polar surface area (TPSA) is 47.5 Å². The molecule has 0 radical (unpaired) electrons. The third kappa shape index (κ3) is 3.46. The Hall–Kier alpha value is -1.50. The average molecular weight is 400 g/mol. The number of aryl methyl sites for hydroxylation is 1. The molecule has 0 N–H and O–H groups in total. The van der Waals surface area contributed by atoms with Gasteiger partial charge in [0.1, 0.15) is 17.3 Å². The molecule has 28 heavy (non-hydrogen) atoms. The molecule has 3 aliphatic rings. The summed E-state index contributed by atoms with van der Waals surface area (Å²) in [4.78, 5) is 14.3. The van der Waals surface area contributed by atoms with Crippen LogP contribution in [-0.4, -0.2) is 53.3 Å². The lowest BCUT2D eigenvalue weighted by molar-refractivity contribution is -0.00126. The number of rotatable bonds is 5. The quantitative estimate of drug-likeness (QED) is 0.701. The molecule has 6 heteroatoms. The van der Waals surface area contributed by atoms with Crippen LogP contribution in [0.3, 0.4) is 0 Å². The summed E-state index contributed by atoms with van der Waals surface area (Å²) >= 11 is 1.83. The first-order valence-corrected chi connectivity index (χ1v) is 11.5. The van der Waals surface area contributed by atoms with E-state index in [-0.39, 0.29) is 6.10 Å². The third-order valence-corrected chi connectivity index (χ3v) is 7.80. The molecule has 1 aliphatic heterocycles. The van der Waals surface area contributed by atoms with Crippen LogP contribution in [0.5, 0.6) is 5.88 Å². The minimum atomic E-state index is 0.269. The molecule has 2 aliphatic carbocycles. The van der Waals surface area contributed by atoms with Gasteiger partial charge in [-0.1, -0.05) is 6.08 Å².